The molecule has 0 saturated carbocycles. The quantitative estimate of drug-likeness (QED) is 0.623. The highest BCUT2D eigenvalue weighted by Gasteiger charge is 2.15. The monoisotopic (exact) mass is 395 g/mol. The van der Waals surface area contributed by atoms with Crippen molar-refractivity contribution in [3.8, 4) is 5.75 Å². The molecule has 0 spiro atoms. The molecule has 2 aromatic carbocycles. The van der Waals surface area contributed by atoms with E-state index in [1.165, 1.54) is 17.7 Å². The topological polar surface area (TPSA) is 68.5 Å². The van der Waals surface area contributed by atoms with E-state index in [2.05, 4.69) is 5.32 Å². The van der Waals surface area contributed by atoms with Gasteiger partial charge in [-0.25, -0.2) is 4.39 Å². The van der Waals surface area contributed by atoms with Crippen LogP contribution in [0.25, 0.3) is 0 Å². The second-order valence-electron chi connectivity index (χ2n) is 6.79. The highest BCUT2D eigenvalue weighted by molar-refractivity contribution is 5.91. The van der Waals surface area contributed by atoms with Gasteiger partial charge in [-0.05, 0) is 43.0 Å². The number of aryl methyl sites for hydroxylation is 1. The fourth-order valence-corrected chi connectivity index (χ4v) is 2.76. The third kappa shape index (κ3) is 6.04. The number of hydrogen-bond acceptors (Lipinski definition) is 4. The lowest BCUT2D eigenvalue weighted by molar-refractivity contribution is 0.0907. The summed E-state index contributed by atoms with van der Waals surface area (Å²) >= 11 is 0. The zero-order valence-electron chi connectivity index (χ0n) is 16.1. The fourth-order valence-electron chi connectivity index (χ4n) is 2.76. The van der Waals surface area contributed by atoms with Crippen LogP contribution in [0.3, 0.4) is 0 Å². The third-order valence-electron chi connectivity index (χ3n) is 4.42. The SMILES string of the molecule is C[C@@H](CCc1ccccc1)NC(=O)c1cc(=O)c(OCc2ccc(F)cc2)co1. The van der Waals surface area contributed by atoms with Crippen LogP contribution >= 0.6 is 0 Å². The first kappa shape index (κ1) is 20.3. The molecule has 150 valence electrons. The standard InChI is InChI=1S/C23H22FNO4/c1-16(7-8-17-5-3-2-4-6-17)25-23(27)21-13-20(26)22(15-29-21)28-14-18-9-11-19(24)12-10-18/h2-6,9-13,15-16H,7-8,14H2,1H3,(H,25,27)/t16-/m0/s1. The predicted molar refractivity (Wildman–Crippen MR) is 107 cm³/mol. The first-order valence-corrected chi connectivity index (χ1v) is 9.36. The molecule has 0 radical (unpaired) electrons. The number of carbonyl (C=O) groups is 1. The smallest absolute Gasteiger partial charge is 0.287 e. The van der Waals surface area contributed by atoms with Crippen molar-refractivity contribution < 1.29 is 18.3 Å². The molecule has 5 nitrogen and oxygen atoms in total. The molecule has 0 aliphatic rings. The molecule has 0 bridgehead atoms. The van der Waals surface area contributed by atoms with E-state index in [1.807, 2.05) is 37.3 Å². The molecular weight excluding hydrogens is 373 g/mol. The van der Waals surface area contributed by atoms with Gasteiger partial charge in [-0.3, -0.25) is 9.59 Å². The molecule has 0 saturated heterocycles. The second-order valence-corrected chi connectivity index (χ2v) is 6.79. The number of benzene rings is 2. The van der Waals surface area contributed by atoms with Gasteiger partial charge in [0.05, 0.1) is 0 Å². The van der Waals surface area contributed by atoms with E-state index < -0.39 is 11.3 Å². The zero-order chi connectivity index (χ0) is 20.6. The molecule has 1 heterocycles. The van der Waals surface area contributed by atoms with E-state index in [1.54, 1.807) is 12.1 Å². The number of carbonyl (C=O) groups excluding carboxylic acids is 1. The fraction of sp³-hybridized carbons (Fsp3) is 0.217. The molecule has 3 aromatic rings. The number of amides is 1. The van der Waals surface area contributed by atoms with Gasteiger partial charge in [0, 0.05) is 12.1 Å². The Labute approximate surface area is 168 Å². The van der Waals surface area contributed by atoms with Gasteiger partial charge in [0.1, 0.15) is 18.7 Å². The van der Waals surface area contributed by atoms with Crippen LogP contribution in [0.1, 0.15) is 35.0 Å². The van der Waals surface area contributed by atoms with Crippen molar-refractivity contribution >= 4 is 5.91 Å². The molecule has 0 aliphatic heterocycles. The van der Waals surface area contributed by atoms with E-state index in [4.69, 9.17) is 9.15 Å². The van der Waals surface area contributed by atoms with Crippen molar-refractivity contribution in [3.05, 3.63) is 99.9 Å². The van der Waals surface area contributed by atoms with E-state index in [0.717, 1.165) is 25.2 Å². The van der Waals surface area contributed by atoms with Gasteiger partial charge < -0.3 is 14.5 Å². The van der Waals surface area contributed by atoms with Gasteiger partial charge in [-0.15, -0.1) is 0 Å². The summed E-state index contributed by atoms with van der Waals surface area (Å²) in [5.41, 5.74) is 1.45. The average molecular weight is 395 g/mol. The van der Waals surface area contributed by atoms with E-state index in [0.29, 0.717) is 5.56 Å². The van der Waals surface area contributed by atoms with Gasteiger partial charge in [0.25, 0.3) is 5.91 Å². The first-order chi connectivity index (χ1) is 14.0. The van der Waals surface area contributed by atoms with E-state index in [-0.39, 0.29) is 30.0 Å². The zero-order valence-corrected chi connectivity index (χ0v) is 16.1. The van der Waals surface area contributed by atoms with Crippen molar-refractivity contribution in [2.24, 2.45) is 0 Å². The number of nitrogens with one attached hydrogen (secondary N) is 1. The molecule has 0 unspecified atom stereocenters. The molecule has 1 aromatic heterocycles. The maximum Gasteiger partial charge on any atom is 0.287 e. The Hall–Kier alpha value is -3.41. The first-order valence-electron chi connectivity index (χ1n) is 9.36. The van der Waals surface area contributed by atoms with Crippen LogP contribution in [0.15, 0.2) is 76.1 Å². The molecular formula is C23H22FNO4. The number of hydrogen-bond donors (Lipinski definition) is 1. The summed E-state index contributed by atoms with van der Waals surface area (Å²) in [5.74, 6) is -0.881. The Morgan fingerprint density at radius 3 is 2.52 bits per heavy atom. The summed E-state index contributed by atoms with van der Waals surface area (Å²) < 4.78 is 23.6. The van der Waals surface area contributed by atoms with Crippen molar-refractivity contribution in [3.63, 3.8) is 0 Å². The summed E-state index contributed by atoms with van der Waals surface area (Å²) in [4.78, 5) is 24.5. The van der Waals surface area contributed by atoms with Crippen LogP contribution in [0, 0.1) is 5.82 Å². The summed E-state index contributed by atoms with van der Waals surface area (Å²) in [6, 6.07) is 16.8. The van der Waals surface area contributed by atoms with Gasteiger partial charge in [0.2, 0.25) is 11.2 Å². The van der Waals surface area contributed by atoms with Crippen LogP contribution in [0.4, 0.5) is 4.39 Å². The Morgan fingerprint density at radius 2 is 1.83 bits per heavy atom. The summed E-state index contributed by atoms with van der Waals surface area (Å²) in [6.07, 6.45) is 2.72. The Morgan fingerprint density at radius 1 is 1.10 bits per heavy atom. The van der Waals surface area contributed by atoms with Crippen LogP contribution in [-0.2, 0) is 13.0 Å². The normalized spacial score (nSPS) is 11.7. The number of ether oxygens (including phenoxy) is 1. The van der Waals surface area contributed by atoms with Gasteiger partial charge in [0.15, 0.2) is 5.76 Å². The largest absolute Gasteiger partial charge is 0.482 e. The Bertz CT molecular complexity index is 999. The molecule has 0 fully saturated rings. The van der Waals surface area contributed by atoms with Crippen molar-refractivity contribution in [1.29, 1.82) is 0 Å². The number of halogens is 1. The van der Waals surface area contributed by atoms with E-state index in [9.17, 15) is 14.0 Å². The summed E-state index contributed by atoms with van der Waals surface area (Å²) in [5, 5.41) is 2.83. The van der Waals surface area contributed by atoms with Gasteiger partial charge in [-0.1, -0.05) is 42.5 Å². The maximum absolute atomic E-state index is 12.9. The van der Waals surface area contributed by atoms with Crippen molar-refractivity contribution in [2.75, 3.05) is 0 Å². The second kappa shape index (κ2) is 9.68. The lowest BCUT2D eigenvalue weighted by Crippen LogP contribution is -2.33. The predicted octanol–water partition coefficient (Wildman–Crippen LogP) is 4.11. The summed E-state index contributed by atoms with van der Waals surface area (Å²) in [6.45, 7) is 1.99. The third-order valence-corrected chi connectivity index (χ3v) is 4.42. The van der Waals surface area contributed by atoms with Crippen molar-refractivity contribution in [2.45, 2.75) is 32.4 Å². The summed E-state index contributed by atoms with van der Waals surface area (Å²) in [7, 11) is 0. The van der Waals surface area contributed by atoms with Crippen LogP contribution < -0.4 is 15.5 Å². The lowest BCUT2D eigenvalue weighted by Gasteiger charge is -2.13. The highest BCUT2D eigenvalue weighted by atomic mass is 19.1. The lowest BCUT2D eigenvalue weighted by atomic mass is 10.1. The minimum absolute atomic E-state index is 0.0111. The average Bonchev–Trinajstić information content (AvgIpc) is 2.73. The molecule has 6 heteroatoms. The Balaban J connectivity index is 1.53. The molecule has 3 rings (SSSR count). The van der Waals surface area contributed by atoms with Crippen LogP contribution in [0.2, 0.25) is 0 Å². The molecule has 1 atom stereocenters. The minimum atomic E-state index is -0.458. The molecule has 0 aliphatic carbocycles. The molecule has 29 heavy (non-hydrogen) atoms. The van der Waals surface area contributed by atoms with E-state index >= 15 is 0 Å². The number of rotatable bonds is 8. The highest BCUT2D eigenvalue weighted by Crippen LogP contribution is 2.11. The minimum Gasteiger partial charge on any atom is -0.482 e. The van der Waals surface area contributed by atoms with Crippen LogP contribution in [0.5, 0.6) is 5.75 Å². The molecule has 1 amide bonds. The van der Waals surface area contributed by atoms with Crippen molar-refractivity contribution in [1.82, 2.24) is 5.32 Å². The molecule has 1 N–H and O–H groups in total. The Kier molecular flexibility index (Phi) is 6.79. The van der Waals surface area contributed by atoms with Gasteiger partial charge in [-0.2, -0.15) is 0 Å². The van der Waals surface area contributed by atoms with Crippen LogP contribution in [-0.4, -0.2) is 11.9 Å². The van der Waals surface area contributed by atoms with Gasteiger partial charge >= 0.3 is 0 Å². The maximum atomic E-state index is 12.9.